The molecule has 0 spiro atoms. The van der Waals surface area contributed by atoms with Crippen LogP contribution in [0.4, 0.5) is 5.82 Å². The Labute approximate surface area is 166 Å². The van der Waals surface area contributed by atoms with E-state index in [1.54, 1.807) is 13.8 Å². The second-order valence-electron chi connectivity index (χ2n) is 7.29. The smallest absolute Gasteiger partial charge is 0.357 e. The van der Waals surface area contributed by atoms with Crippen molar-refractivity contribution in [1.29, 1.82) is 0 Å². The van der Waals surface area contributed by atoms with Gasteiger partial charge in [0.05, 0.1) is 18.8 Å². The third kappa shape index (κ3) is 4.87. The van der Waals surface area contributed by atoms with E-state index in [9.17, 15) is 4.79 Å². The van der Waals surface area contributed by atoms with Crippen LogP contribution in [0.1, 0.15) is 65.3 Å². The molecule has 0 bridgehead atoms. The molecule has 6 heteroatoms. The summed E-state index contributed by atoms with van der Waals surface area (Å²) in [5.74, 6) is 0.789. The van der Waals surface area contributed by atoms with Crippen LogP contribution in [0, 0.1) is 20.8 Å². The van der Waals surface area contributed by atoms with Crippen molar-refractivity contribution in [2.24, 2.45) is 0 Å². The zero-order valence-corrected chi connectivity index (χ0v) is 17.1. The van der Waals surface area contributed by atoms with Crippen LogP contribution in [-0.2, 0) is 9.47 Å². The Kier molecular flexibility index (Phi) is 6.62. The van der Waals surface area contributed by atoms with Crippen molar-refractivity contribution in [2.75, 3.05) is 18.5 Å². The molecule has 28 heavy (non-hydrogen) atoms. The molecule has 0 radical (unpaired) electrons. The van der Waals surface area contributed by atoms with Crippen LogP contribution >= 0.6 is 0 Å². The minimum Gasteiger partial charge on any atom is -0.461 e. The number of anilines is 1. The average molecular weight is 383 g/mol. The first-order valence-corrected chi connectivity index (χ1v) is 9.96. The standard InChI is InChI=1S/C22H29N3O3/c1-5-27-22(26)20-15(3)21(25-16(4)24-20)23-13-18-10-7-11-19(28-18)17-9-6-8-14(2)12-17/h6,8-9,12,18-19H,5,7,10-11,13H2,1-4H3,(H,23,24,25)/t18-,19+/m1/s1. The van der Waals surface area contributed by atoms with E-state index in [1.165, 1.54) is 11.1 Å². The van der Waals surface area contributed by atoms with E-state index in [-0.39, 0.29) is 12.2 Å². The summed E-state index contributed by atoms with van der Waals surface area (Å²) >= 11 is 0. The molecule has 0 amide bonds. The molecule has 1 aromatic carbocycles. The van der Waals surface area contributed by atoms with Crippen LogP contribution in [0.5, 0.6) is 0 Å². The van der Waals surface area contributed by atoms with Crippen molar-refractivity contribution < 1.29 is 14.3 Å². The van der Waals surface area contributed by atoms with Crippen molar-refractivity contribution in [3.05, 3.63) is 52.5 Å². The van der Waals surface area contributed by atoms with Crippen molar-refractivity contribution in [3.8, 4) is 0 Å². The molecule has 6 nitrogen and oxygen atoms in total. The Hall–Kier alpha value is -2.47. The Morgan fingerprint density at radius 1 is 1.25 bits per heavy atom. The van der Waals surface area contributed by atoms with Crippen LogP contribution in [-0.4, -0.2) is 35.2 Å². The summed E-state index contributed by atoms with van der Waals surface area (Å²) in [6.45, 7) is 8.46. The van der Waals surface area contributed by atoms with Gasteiger partial charge in [0, 0.05) is 12.1 Å². The van der Waals surface area contributed by atoms with Gasteiger partial charge in [-0.25, -0.2) is 14.8 Å². The fourth-order valence-electron chi connectivity index (χ4n) is 3.57. The molecule has 1 aromatic heterocycles. The zero-order chi connectivity index (χ0) is 20.1. The number of benzene rings is 1. The number of nitrogens with one attached hydrogen (secondary N) is 1. The highest BCUT2D eigenvalue weighted by Gasteiger charge is 2.24. The fourth-order valence-corrected chi connectivity index (χ4v) is 3.57. The summed E-state index contributed by atoms with van der Waals surface area (Å²) in [4.78, 5) is 20.9. The third-order valence-corrected chi connectivity index (χ3v) is 4.99. The molecule has 0 saturated carbocycles. The number of carbonyl (C=O) groups excluding carboxylic acids is 1. The summed E-state index contributed by atoms with van der Waals surface area (Å²) in [5, 5.41) is 3.36. The van der Waals surface area contributed by atoms with Gasteiger partial charge < -0.3 is 14.8 Å². The topological polar surface area (TPSA) is 73.3 Å². The lowest BCUT2D eigenvalue weighted by Gasteiger charge is -2.31. The molecule has 2 heterocycles. The highest BCUT2D eigenvalue weighted by Crippen LogP contribution is 2.31. The molecule has 1 aliphatic heterocycles. The first-order chi connectivity index (χ1) is 13.5. The minimum atomic E-state index is -0.415. The monoisotopic (exact) mass is 383 g/mol. The Morgan fingerprint density at radius 2 is 2.07 bits per heavy atom. The number of aromatic nitrogens is 2. The van der Waals surface area contributed by atoms with E-state index >= 15 is 0 Å². The Bertz CT molecular complexity index is 838. The molecule has 1 N–H and O–H groups in total. The second kappa shape index (κ2) is 9.15. The van der Waals surface area contributed by atoms with Gasteiger partial charge in [-0.15, -0.1) is 0 Å². The molecule has 1 fully saturated rings. The summed E-state index contributed by atoms with van der Waals surface area (Å²) in [5.41, 5.74) is 3.51. The normalized spacial score (nSPS) is 19.3. The van der Waals surface area contributed by atoms with Crippen molar-refractivity contribution in [1.82, 2.24) is 9.97 Å². The fraction of sp³-hybridized carbons (Fsp3) is 0.500. The summed E-state index contributed by atoms with van der Waals surface area (Å²) in [6.07, 6.45) is 3.39. The summed E-state index contributed by atoms with van der Waals surface area (Å²) < 4.78 is 11.4. The summed E-state index contributed by atoms with van der Waals surface area (Å²) in [7, 11) is 0. The second-order valence-corrected chi connectivity index (χ2v) is 7.29. The van der Waals surface area contributed by atoms with Gasteiger partial charge in [-0.2, -0.15) is 0 Å². The van der Waals surface area contributed by atoms with Crippen LogP contribution in [0.2, 0.25) is 0 Å². The van der Waals surface area contributed by atoms with Crippen LogP contribution in [0.15, 0.2) is 24.3 Å². The number of aryl methyl sites for hydroxylation is 2. The number of nitrogens with zero attached hydrogens (tertiary/aromatic N) is 2. The highest BCUT2D eigenvalue weighted by atomic mass is 16.5. The molecule has 0 aliphatic carbocycles. The third-order valence-electron chi connectivity index (χ3n) is 4.99. The van der Waals surface area contributed by atoms with Crippen molar-refractivity contribution >= 4 is 11.8 Å². The maximum Gasteiger partial charge on any atom is 0.357 e. The first-order valence-electron chi connectivity index (χ1n) is 9.96. The van der Waals surface area contributed by atoms with Gasteiger partial charge in [-0.1, -0.05) is 29.8 Å². The SMILES string of the molecule is CCOC(=O)c1nc(C)nc(NC[C@H]2CCC[C@@H](c3cccc(C)c3)O2)c1C. The van der Waals surface area contributed by atoms with Gasteiger partial charge in [0.2, 0.25) is 0 Å². The van der Waals surface area contributed by atoms with Crippen molar-refractivity contribution in [2.45, 2.75) is 59.2 Å². The van der Waals surface area contributed by atoms with E-state index in [0.29, 0.717) is 36.1 Å². The number of rotatable bonds is 6. The van der Waals surface area contributed by atoms with Crippen LogP contribution in [0.25, 0.3) is 0 Å². The predicted octanol–water partition coefficient (Wildman–Crippen LogP) is 4.30. The van der Waals surface area contributed by atoms with Gasteiger partial charge in [-0.05, 0) is 52.5 Å². The van der Waals surface area contributed by atoms with Gasteiger partial charge >= 0.3 is 5.97 Å². The number of hydrogen-bond donors (Lipinski definition) is 1. The molecule has 2 aromatic rings. The predicted molar refractivity (Wildman–Crippen MR) is 109 cm³/mol. The Morgan fingerprint density at radius 3 is 2.82 bits per heavy atom. The molecule has 2 atom stereocenters. The maximum atomic E-state index is 12.1. The van der Waals surface area contributed by atoms with Crippen LogP contribution < -0.4 is 5.32 Å². The highest BCUT2D eigenvalue weighted by molar-refractivity contribution is 5.90. The molecule has 3 rings (SSSR count). The van der Waals surface area contributed by atoms with E-state index < -0.39 is 5.97 Å². The Balaban J connectivity index is 1.67. The van der Waals surface area contributed by atoms with E-state index in [0.717, 1.165) is 19.3 Å². The quantitative estimate of drug-likeness (QED) is 0.750. The number of ether oxygens (including phenoxy) is 2. The number of esters is 1. The van der Waals surface area contributed by atoms with E-state index in [1.807, 2.05) is 6.92 Å². The number of carbonyl (C=O) groups is 1. The lowest BCUT2D eigenvalue weighted by atomic mass is 9.97. The minimum absolute atomic E-state index is 0.0972. The number of hydrogen-bond acceptors (Lipinski definition) is 6. The lowest BCUT2D eigenvalue weighted by molar-refractivity contribution is -0.0442. The van der Waals surface area contributed by atoms with E-state index in [4.69, 9.17) is 9.47 Å². The van der Waals surface area contributed by atoms with Gasteiger partial charge in [0.1, 0.15) is 11.6 Å². The summed E-state index contributed by atoms with van der Waals surface area (Å²) in [6, 6.07) is 8.52. The van der Waals surface area contributed by atoms with Crippen LogP contribution in [0.3, 0.4) is 0 Å². The van der Waals surface area contributed by atoms with Gasteiger partial charge in [0.25, 0.3) is 0 Å². The molecular weight excluding hydrogens is 354 g/mol. The van der Waals surface area contributed by atoms with Crippen molar-refractivity contribution in [3.63, 3.8) is 0 Å². The molecule has 1 aliphatic rings. The molecule has 1 saturated heterocycles. The maximum absolute atomic E-state index is 12.1. The average Bonchev–Trinajstić information content (AvgIpc) is 2.68. The zero-order valence-electron chi connectivity index (χ0n) is 17.1. The largest absolute Gasteiger partial charge is 0.461 e. The first kappa shape index (κ1) is 20.3. The van der Waals surface area contributed by atoms with E-state index in [2.05, 4.69) is 46.5 Å². The molecular formula is C22H29N3O3. The molecule has 0 unspecified atom stereocenters. The van der Waals surface area contributed by atoms with Gasteiger partial charge in [0.15, 0.2) is 5.69 Å². The lowest BCUT2D eigenvalue weighted by Crippen LogP contribution is -2.29. The molecule has 150 valence electrons. The van der Waals surface area contributed by atoms with Gasteiger partial charge in [-0.3, -0.25) is 0 Å².